The summed E-state index contributed by atoms with van der Waals surface area (Å²) in [6.07, 6.45) is 0.715. The minimum absolute atomic E-state index is 0.235. The van der Waals surface area contributed by atoms with Crippen LogP contribution in [0.1, 0.15) is 27.2 Å². The first-order valence-corrected chi connectivity index (χ1v) is 9.19. The van der Waals surface area contributed by atoms with Crippen LogP contribution in [0.3, 0.4) is 0 Å². The Bertz CT molecular complexity index is 926. The van der Waals surface area contributed by atoms with Crippen molar-refractivity contribution in [3.63, 3.8) is 0 Å². The fraction of sp³-hybridized carbons (Fsp3) is 0.227. The van der Waals surface area contributed by atoms with E-state index in [1.165, 1.54) is 11.1 Å². The zero-order chi connectivity index (χ0) is 19.8. The van der Waals surface area contributed by atoms with Gasteiger partial charge in [0.25, 0.3) is 5.91 Å². The highest BCUT2D eigenvalue weighted by Crippen LogP contribution is 2.13. The fourth-order valence-corrected chi connectivity index (χ4v) is 2.78. The minimum atomic E-state index is -0.235. The molecule has 6 heteroatoms. The quantitative estimate of drug-likeness (QED) is 0.630. The highest BCUT2D eigenvalue weighted by molar-refractivity contribution is 5.92. The summed E-state index contributed by atoms with van der Waals surface area (Å²) in [6.45, 7) is 3.25. The first-order chi connectivity index (χ1) is 13.7. The van der Waals surface area contributed by atoms with Crippen LogP contribution in [-0.2, 0) is 13.0 Å². The first kappa shape index (κ1) is 19.4. The van der Waals surface area contributed by atoms with Crippen LogP contribution in [0, 0.1) is 6.92 Å². The molecule has 144 valence electrons. The number of amides is 1. The summed E-state index contributed by atoms with van der Waals surface area (Å²) in [6, 6.07) is 19.4. The Balaban J connectivity index is 1.48. The lowest BCUT2D eigenvalue weighted by molar-refractivity contribution is 0.0948. The van der Waals surface area contributed by atoms with Crippen LogP contribution < -0.4 is 15.4 Å². The number of hydrogen-bond acceptors (Lipinski definition) is 5. The van der Waals surface area contributed by atoms with Gasteiger partial charge in [-0.2, -0.15) is 0 Å². The molecule has 0 unspecified atom stereocenters. The molecule has 0 saturated heterocycles. The molecule has 0 saturated carbocycles. The van der Waals surface area contributed by atoms with Crippen LogP contribution in [0.2, 0.25) is 0 Å². The van der Waals surface area contributed by atoms with Crippen molar-refractivity contribution in [1.29, 1.82) is 0 Å². The zero-order valence-corrected chi connectivity index (χ0v) is 16.1. The first-order valence-electron chi connectivity index (χ1n) is 9.19. The Hall–Kier alpha value is -3.41. The number of ether oxygens (including phenoxy) is 1. The molecule has 28 heavy (non-hydrogen) atoms. The Kier molecular flexibility index (Phi) is 6.57. The summed E-state index contributed by atoms with van der Waals surface area (Å²) in [5, 5.41) is 14.2. The lowest BCUT2D eigenvalue weighted by Gasteiger charge is -2.08. The Morgan fingerprint density at radius 3 is 2.64 bits per heavy atom. The standard InChI is InChI=1S/C22H24N4O2/c1-16-6-3-4-8-18(16)15-24-21-11-10-20(25-26-21)22(27)23-13-12-17-7-5-9-19(14-17)28-2/h3-11,14H,12-13,15H2,1-2H3,(H,23,27)(H,24,26). The molecule has 6 nitrogen and oxygen atoms in total. The molecule has 0 spiro atoms. The van der Waals surface area contributed by atoms with Gasteiger partial charge in [-0.15, -0.1) is 10.2 Å². The third-order valence-electron chi connectivity index (χ3n) is 4.45. The van der Waals surface area contributed by atoms with Gasteiger partial charge in [0.15, 0.2) is 5.69 Å². The van der Waals surface area contributed by atoms with Gasteiger partial charge in [-0.3, -0.25) is 4.79 Å². The van der Waals surface area contributed by atoms with E-state index in [9.17, 15) is 4.79 Å². The number of aromatic nitrogens is 2. The van der Waals surface area contributed by atoms with E-state index in [-0.39, 0.29) is 5.91 Å². The van der Waals surface area contributed by atoms with E-state index in [2.05, 4.69) is 39.9 Å². The van der Waals surface area contributed by atoms with Gasteiger partial charge >= 0.3 is 0 Å². The summed E-state index contributed by atoms with van der Waals surface area (Å²) >= 11 is 0. The molecule has 0 aliphatic rings. The largest absolute Gasteiger partial charge is 0.497 e. The number of methoxy groups -OCH3 is 1. The number of carbonyl (C=O) groups is 1. The summed E-state index contributed by atoms with van der Waals surface area (Å²) in [7, 11) is 1.64. The Labute approximate surface area is 165 Å². The van der Waals surface area contributed by atoms with E-state index in [1.807, 2.05) is 36.4 Å². The maximum Gasteiger partial charge on any atom is 0.271 e. The van der Waals surface area contributed by atoms with Gasteiger partial charge in [0.1, 0.15) is 11.6 Å². The fourth-order valence-electron chi connectivity index (χ4n) is 2.78. The number of benzene rings is 2. The number of anilines is 1. The number of nitrogens with one attached hydrogen (secondary N) is 2. The molecule has 0 fully saturated rings. The van der Waals surface area contributed by atoms with E-state index in [1.54, 1.807) is 19.2 Å². The van der Waals surface area contributed by atoms with Gasteiger partial charge < -0.3 is 15.4 Å². The van der Waals surface area contributed by atoms with E-state index in [0.717, 1.165) is 11.3 Å². The van der Waals surface area contributed by atoms with Crippen LogP contribution in [0.5, 0.6) is 5.75 Å². The number of aryl methyl sites for hydroxylation is 1. The van der Waals surface area contributed by atoms with Gasteiger partial charge in [-0.05, 0) is 54.3 Å². The van der Waals surface area contributed by atoms with Gasteiger partial charge in [0.2, 0.25) is 0 Å². The van der Waals surface area contributed by atoms with Crippen molar-refractivity contribution in [3.05, 3.63) is 83.0 Å². The molecule has 0 bridgehead atoms. The molecule has 3 rings (SSSR count). The van der Waals surface area contributed by atoms with E-state index < -0.39 is 0 Å². The molecule has 0 aliphatic carbocycles. The second-order valence-corrected chi connectivity index (χ2v) is 6.44. The highest BCUT2D eigenvalue weighted by atomic mass is 16.5. The number of hydrogen-bond donors (Lipinski definition) is 2. The average molecular weight is 376 g/mol. The SMILES string of the molecule is COc1cccc(CCNC(=O)c2ccc(NCc3ccccc3C)nn2)c1. The summed E-state index contributed by atoms with van der Waals surface area (Å²) in [5.41, 5.74) is 3.81. The van der Waals surface area contributed by atoms with Crippen molar-refractivity contribution in [2.24, 2.45) is 0 Å². The number of rotatable bonds is 8. The molecule has 0 aliphatic heterocycles. The van der Waals surface area contributed by atoms with Crippen molar-refractivity contribution in [1.82, 2.24) is 15.5 Å². The molecular weight excluding hydrogens is 352 g/mol. The van der Waals surface area contributed by atoms with Crippen molar-refractivity contribution >= 4 is 11.7 Å². The van der Waals surface area contributed by atoms with Gasteiger partial charge in [0.05, 0.1) is 7.11 Å². The van der Waals surface area contributed by atoms with Crippen molar-refractivity contribution in [3.8, 4) is 5.75 Å². The van der Waals surface area contributed by atoms with Crippen molar-refractivity contribution in [2.45, 2.75) is 19.9 Å². The maximum absolute atomic E-state index is 12.2. The van der Waals surface area contributed by atoms with Crippen LogP contribution in [0.4, 0.5) is 5.82 Å². The number of nitrogens with zero attached hydrogens (tertiary/aromatic N) is 2. The molecule has 3 aromatic rings. The van der Waals surface area contributed by atoms with E-state index in [4.69, 9.17) is 4.74 Å². The molecule has 2 N–H and O–H groups in total. The topological polar surface area (TPSA) is 76.1 Å². The molecule has 1 aromatic heterocycles. The summed E-state index contributed by atoms with van der Waals surface area (Å²) in [4.78, 5) is 12.2. The normalized spacial score (nSPS) is 10.4. The lowest BCUT2D eigenvalue weighted by Crippen LogP contribution is -2.26. The highest BCUT2D eigenvalue weighted by Gasteiger charge is 2.08. The van der Waals surface area contributed by atoms with Gasteiger partial charge in [0, 0.05) is 13.1 Å². The lowest BCUT2D eigenvalue weighted by atomic mass is 10.1. The predicted molar refractivity (Wildman–Crippen MR) is 110 cm³/mol. The van der Waals surface area contributed by atoms with Crippen LogP contribution >= 0.6 is 0 Å². The van der Waals surface area contributed by atoms with Gasteiger partial charge in [-0.1, -0.05) is 36.4 Å². The zero-order valence-electron chi connectivity index (χ0n) is 16.1. The smallest absolute Gasteiger partial charge is 0.271 e. The third-order valence-corrected chi connectivity index (χ3v) is 4.45. The molecule has 2 aromatic carbocycles. The maximum atomic E-state index is 12.2. The van der Waals surface area contributed by atoms with Crippen molar-refractivity contribution < 1.29 is 9.53 Å². The van der Waals surface area contributed by atoms with Crippen LogP contribution in [-0.4, -0.2) is 29.8 Å². The van der Waals surface area contributed by atoms with Crippen LogP contribution in [0.25, 0.3) is 0 Å². The second-order valence-electron chi connectivity index (χ2n) is 6.44. The Morgan fingerprint density at radius 1 is 1.04 bits per heavy atom. The summed E-state index contributed by atoms with van der Waals surface area (Å²) in [5.74, 6) is 1.21. The predicted octanol–water partition coefficient (Wildman–Crippen LogP) is 3.38. The van der Waals surface area contributed by atoms with Gasteiger partial charge in [-0.25, -0.2) is 0 Å². The van der Waals surface area contributed by atoms with E-state index in [0.29, 0.717) is 31.0 Å². The molecule has 1 heterocycles. The van der Waals surface area contributed by atoms with Crippen molar-refractivity contribution in [2.75, 3.05) is 19.0 Å². The molecule has 0 radical (unpaired) electrons. The second kappa shape index (κ2) is 9.50. The molecular formula is C22H24N4O2. The number of carbonyl (C=O) groups excluding carboxylic acids is 1. The molecule has 0 atom stereocenters. The Morgan fingerprint density at radius 2 is 1.89 bits per heavy atom. The molecule has 1 amide bonds. The van der Waals surface area contributed by atoms with E-state index >= 15 is 0 Å². The minimum Gasteiger partial charge on any atom is -0.497 e. The summed E-state index contributed by atoms with van der Waals surface area (Å²) < 4.78 is 5.21. The van der Waals surface area contributed by atoms with Crippen LogP contribution in [0.15, 0.2) is 60.7 Å². The monoisotopic (exact) mass is 376 g/mol. The average Bonchev–Trinajstić information content (AvgIpc) is 2.73. The third kappa shape index (κ3) is 5.30.